The summed E-state index contributed by atoms with van der Waals surface area (Å²) in [5.41, 5.74) is 1.47. The Hall–Kier alpha value is -2.55. The molecule has 1 saturated heterocycles. The molecule has 0 radical (unpaired) electrons. The van der Waals surface area contributed by atoms with Crippen molar-refractivity contribution in [2.45, 2.75) is 17.7 Å². The van der Waals surface area contributed by atoms with Crippen molar-refractivity contribution in [2.75, 3.05) is 18.4 Å². The van der Waals surface area contributed by atoms with Gasteiger partial charge in [-0.25, -0.2) is 12.8 Å². The molecule has 3 aromatic rings. The van der Waals surface area contributed by atoms with Gasteiger partial charge in [-0.2, -0.15) is 4.31 Å². The Morgan fingerprint density at radius 2 is 1.90 bits per heavy atom. The van der Waals surface area contributed by atoms with E-state index in [9.17, 15) is 17.6 Å². The minimum atomic E-state index is -3.80. The average Bonchev–Trinajstić information content (AvgIpc) is 2.76. The number of halogens is 2. The number of rotatable bonds is 4. The first-order valence-electron chi connectivity index (χ1n) is 9.46. The number of fused-ring (bicyclic) bond motifs is 1. The van der Waals surface area contributed by atoms with Crippen molar-refractivity contribution in [3.63, 3.8) is 0 Å². The van der Waals surface area contributed by atoms with E-state index in [1.54, 1.807) is 6.20 Å². The zero-order valence-corrected chi connectivity index (χ0v) is 17.5. The fraction of sp³-hybridized carbons (Fsp3) is 0.238. The molecule has 4 rings (SSSR count). The first kappa shape index (κ1) is 20.7. The van der Waals surface area contributed by atoms with Crippen LogP contribution in [0.4, 0.5) is 10.1 Å². The molecule has 1 N–H and O–H groups in total. The summed E-state index contributed by atoms with van der Waals surface area (Å²) in [6.07, 6.45) is 2.48. The van der Waals surface area contributed by atoms with Gasteiger partial charge in [0.25, 0.3) is 0 Å². The van der Waals surface area contributed by atoms with E-state index in [0.717, 1.165) is 23.0 Å². The zero-order valence-electron chi connectivity index (χ0n) is 15.9. The number of anilines is 1. The number of sulfonamides is 1. The Balaban J connectivity index is 1.43. The summed E-state index contributed by atoms with van der Waals surface area (Å²) in [5.74, 6) is -1.12. The van der Waals surface area contributed by atoms with Crippen LogP contribution in [0.25, 0.3) is 10.9 Å². The molecule has 6 nitrogen and oxygen atoms in total. The molecule has 0 aliphatic carbocycles. The molecule has 9 heteroatoms. The van der Waals surface area contributed by atoms with Crippen LogP contribution < -0.4 is 5.32 Å². The van der Waals surface area contributed by atoms with E-state index in [0.29, 0.717) is 18.5 Å². The lowest BCUT2D eigenvalue weighted by atomic mass is 9.97. The number of pyridine rings is 1. The van der Waals surface area contributed by atoms with Gasteiger partial charge in [-0.05, 0) is 55.3 Å². The highest BCUT2D eigenvalue weighted by Gasteiger charge is 2.32. The Kier molecular flexibility index (Phi) is 5.73. The summed E-state index contributed by atoms with van der Waals surface area (Å²) in [7, 11) is -3.80. The number of carbonyl (C=O) groups is 1. The number of amides is 1. The summed E-state index contributed by atoms with van der Waals surface area (Å²) < 4.78 is 40.3. The lowest BCUT2D eigenvalue weighted by Crippen LogP contribution is -2.41. The second kappa shape index (κ2) is 8.29. The Morgan fingerprint density at radius 1 is 1.13 bits per heavy atom. The number of nitrogens with zero attached hydrogens (tertiary/aromatic N) is 2. The van der Waals surface area contributed by atoms with E-state index >= 15 is 0 Å². The zero-order chi connectivity index (χ0) is 21.3. The molecule has 0 spiro atoms. The summed E-state index contributed by atoms with van der Waals surface area (Å²) in [6, 6.07) is 12.6. The third-order valence-corrected chi connectivity index (χ3v) is 7.44. The number of aromatic nitrogens is 1. The maximum absolute atomic E-state index is 13.4. The maximum Gasteiger partial charge on any atom is 0.243 e. The fourth-order valence-corrected chi connectivity index (χ4v) is 5.33. The molecule has 0 bridgehead atoms. The van der Waals surface area contributed by atoms with Crippen LogP contribution in [0.5, 0.6) is 0 Å². The van der Waals surface area contributed by atoms with Gasteiger partial charge >= 0.3 is 0 Å². The van der Waals surface area contributed by atoms with Crippen LogP contribution in [0.15, 0.2) is 59.6 Å². The number of nitrogens with one attached hydrogen (secondary N) is 1. The molecule has 2 aromatic carbocycles. The predicted molar refractivity (Wildman–Crippen MR) is 113 cm³/mol. The standard InChI is InChI=1S/C21H19ClFN3O3S/c22-17-13-15(6-7-18(17)23)30(28,29)26-11-8-14(9-12-26)21(27)25-20-5-1-4-19-16(20)3-2-10-24-19/h1-7,10,13-14H,8-9,11-12H2,(H,25,27). The SMILES string of the molecule is O=C(Nc1cccc2ncccc12)C1CCN(S(=O)(=O)c2ccc(F)c(Cl)c2)CC1. The molecule has 0 atom stereocenters. The third kappa shape index (κ3) is 4.03. The molecule has 1 aromatic heterocycles. The first-order chi connectivity index (χ1) is 14.4. The van der Waals surface area contributed by atoms with Crippen LogP contribution in [0.2, 0.25) is 5.02 Å². The van der Waals surface area contributed by atoms with Crippen molar-refractivity contribution in [1.29, 1.82) is 0 Å². The van der Waals surface area contributed by atoms with E-state index in [2.05, 4.69) is 10.3 Å². The van der Waals surface area contributed by atoms with Crippen LogP contribution in [-0.2, 0) is 14.8 Å². The smallest absolute Gasteiger partial charge is 0.243 e. The molecule has 156 valence electrons. The van der Waals surface area contributed by atoms with Gasteiger partial charge in [0.05, 0.1) is 21.1 Å². The van der Waals surface area contributed by atoms with E-state index in [1.807, 2.05) is 30.3 Å². The molecule has 0 saturated carbocycles. The molecule has 2 heterocycles. The molecule has 0 unspecified atom stereocenters. The largest absolute Gasteiger partial charge is 0.325 e. The second-order valence-electron chi connectivity index (χ2n) is 7.12. The van der Waals surface area contributed by atoms with E-state index in [-0.39, 0.29) is 34.8 Å². The Labute approximate surface area is 178 Å². The van der Waals surface area contributed by atoms with E-state index in [1.165, 1.54) is 10.4 Å². The highest BCUT2D eigenvalue weighted by molar-refractivity contribution is 7.89. The second-order valence-corrected chi connectivity index (χ2v) is 9.46. The van der Waals surface area contributed by atoms with E-state index in [4.69, 9.17) is 11.6 Å². The molecule has 1 fully saturated rings. The summed E-state index contributed by atoms with van der Waals surface area (Å²) in [4.78, 5) is 17.0. The average molecular weight is 448 g/mol. The van der Waals surface area contributed by atoms with Crippen molar-refractivity contribution in [1.82, 2.24) is 9.29 Å². The third-order valence-electron chi connectivity index (χ3n) is 5.26. The Morgan fingerprint density at radius 3 is 2.63 bits per heavy atom. The lowest BCUT2D eigenvalue weighted by molar-refractivity contribution is -0.120. The first-order valence-corrected chi connectivity index (χ1v) is 11.3. The van der Waals surface area contributed by atoms with Crippen LogP contribution in [0.1, 0.15) is 12.8 Å². The molecule has 30 heavy (non-hydrogen) atoms. The monoisotopic (exact) mass is 447 g/mol. The van der Waals surface area contributed by atoms with Crippen molar-refractivity contribution in [3.05, 3.63) is 65.6 Å². The van der Waals surface area contributed by atoms with Gasteiger partial charge in [-0.1, -0.05) is 17.7 Å². The highest BCUT2D eigenvalue weighted by atomic mass is 35.5. The van der Waals surface area contributed by atoms with Gasteiger partial charge in [-0.15, -0.1) is 0 Å². The number of carbonyl (C=O) groups excluding carboxylic acids is 1. The van der Waals surface area contributed by atoms with Gasteiger partial charge in [0.2, 0.25) is 15.9 Å². The molecule has 1 aliphatic rings. The van der Waals surface area contributed by atoms with Crippen molar-refractivity contribution < 1.29 is 17.6 Å². The predicted octanol–water partition coefficient (Wildman–Crippen LogP) is 4.07. The maximum atomic E-state index is 13.4. The van der Waals surface area contributed by atoms with Crippen LogP contribution in [0, 0.1) is 11.7 Å². The van der Waals surface area contributed by atoms with Crippen molar-refractivity contribution in [2.24, 2.45) is 5.92 Å². The molecular weight excluding hydrogens is 429 g/mol. The van der Waals surface area contributed by atoms with Crippen molar-refractivity contribution >= 4 is 44.1 Å². The summed E-state index contributed by atoms with van der Waals surface area (Å²) in [6.45, 7) is 0.402. The van der Waals surface area contributed by atoms with Gasteiger partial charge in [0.15, 0.2) is 0 Å². The minimum Gasteiger partial charge on any atom is -0.325 e. The summed E-state index contributed by atoms with van der Waals surface area (Å²) in [5, 5.41) is 3.56. The van der Waals surface area contributed by atoms with Gasteiger partial charge < -0.3 is 5.32 Å². The molecular formula is C21H19ClFN3O3S. The van der Waals surface area contributed by atoms with Crippen LogP contribution in [0.3, 0.4) is 0 Å². The number of benzene rings is 2. The lowest BCUT2D eigenvalue weighted by Gasteiger charge is -2.30. The number of piperidine rings is 1. The minimum absolute atomic E-state index is 0.0555. The van der Waals surface area contributed by atoms with Crippen molar-refractivity contribution in [3.8, 4) is 0 Å². The van der Waals surface area contributed by atoms with E-state index < -0.39 is 15.8 Å². The quantitative estimate of drug-likeness (QED) is 0.654. The van der Waals surface area contributed by atoms with Crippen LogP contribution >= 0.6 is 11.6 Å². The number of hydrogen-bond acceptors (Lipinski definition) is 4. The van der Waals surface area contributed by atoms with Gasteiger partial charge in [-0.3, -0.25) is 9.78 Å². The van der Waals surface area contributed by atoms with Gasteiger partial charge in [0, 0.05) is 30.6 Å². The Bertz CT molecular complexity index is 1210. The summed E-state index contributed by atoms with van der Waals surface area (Å²) >= 11 is 5.73. The number of hydrogen-bond donors (Lipinski definition) is 1. The van der Waals surface area contributed by atoms with Gasteiger partial charge in [0.1, 0.15) is 5.82 Å². The molecule has 1 amide bonds. The molecule has 1 aliphatic heterocycles. The fourth-order valence-electron chi connectivity index (χ4n) is 3.59. The van der Waals surface area contributed by atoms with Crippen LogP contribution in [-0.4, -0.2) is 36.7 Å². The topological polar surface area (TPSA) is 79.4 Å². The highest BCUT2D eigenvalue weighted by Crippen LogP contribution is 2.28. The normalized spacial score (nSPS) is 15.9.